The Morgan fingerprint density at radius 2 is 2.14 bits per heavy atom. The molecule has 2 rings (SSSR count). The van der Waals surface area contributed by atoms with Gasteiger partial charge in [-0.15, -0.1) is 0 Å². The van der Waals surface area contributed by atoms with Crippen molar-refractivity contribution >= 4 is 27.2 Å². The zero-order valence-electron chi connectivity index (χ0n) is 11.7. The normalized spacial score (nSPS) is 11.5. The van der Waals surface area contributed by atoms with E-state index in [9.17, 15) is 8.42 Å². The van der Waals surface area contributed by atoms with Gasteiger partial charge in [0.15, 0.2) is 0 Å². The number of rotatable bonds is 5. The summed E-state index contributed by atoms with van der Waals surface area (Å²) in [5.41, 5.74) is 8.00. The van der Waals surface area contributed by atoms with E-state index < -0.39 is 10.0 Å². The number of aromatic nitrogens is 2. The van der Waals surface area contributed by atoms with E-state index in [1.165, 1.54) is 0 Å². The summed E-state index contributed by atoms with van der Waals surface area (Å²) < 4.78 is 27.2. The summed E-state index contributed by atoms with van der Waals surface area (Å²) in [6.45, 7) is 3.47. The molecule has 1 aromatic carbocycles. The van der Waals surface area contributed by atoms with Crippen LogP contribution in [-0.2, 0) is 16.6 Å². The van der Waals surface area contributed by atoms with Crippen molar-refractivity contribution in [1.82, 2.24) is 14.9 Å². The van der Waals surface area contributed by atoms with Crippen LogP contribution in [0.1, 0.15) is 22.5 Å². The number of nitrogens with one attached hydrogen (secondary N) is 2. The lowest BCUT2D eigenvalue weighted by molar-refractivity contribution is 0.580. The van der Waals surface area contributed by atoms with Gasteiger partial charge < -0.3 is 5.73 Å². The number of aromatic amines is 1. The Hall–Kier alpha value is -1.77. The van der Waals surface area contributed by atoms with Crippen LogP contribution in [0.4, 0.5) is 0 Å². The number of aryl methyl sites for hydroxylation is 2. The molecule has 112 valence electrons. The maximum Gasteiger partial charge on any atom is 0.244 e. The van der Waals surface area contributed by atoms with Crippen molar-refractivity contribution in [2.24, 2.45) is 5.73 Å². The largest absolute Gasteiger partial charge is 0.389 e. The van der Waals surface area contributed by atoms with Gasteiger partial charge in [-0.1, -0.05) is 30.4 Å². The summed E-state index contributed by atoms with van der Waals surface area (Å²) in [6.07, 6.45) is 0. The van der Waals surface area contributed by atoms with Gasteiger partial charge in [-0.2, -0.15) is 5.10 Å². The first kappa shape index (κ1) is 15.6. The quantitative estimate of drug-likeness (QED) is 0.716. The Labute approximate surface area is 128 Å². The van der Waals surface area contributed by atoms with Crippen molar-refractivity contribution in [3.8, 4) is 0 Å². The summed E-state index contributed by atoms with van der Waals surface area (Å²) >= 11 is 4.91. The predicted octanol–water partition coefficient (Wildman–Crippen LogP) is 1.14. The summed E-state index contributed by atoms with van der Waals surface area (Å²) in [4.78, 5) is 0.467. The SMILES string of the molecule is Cc1n[nH]c(C)c1S(=O)(=O)NCc1cccc(C(N)=S)c1. The molecule has 0 spiro atoms. The topological polar surface area (TPSA) is 101 Å². The Balaban J connectivity index is 2.20. The van der Waals surface area contributed by atoms with E-state index in [0.29, 0.717) is 17.0 Å². The molecule has 0 aliphatic heterocycles. The molecule has 0 fully saturated rings. The van der Waals surface area contributed by atoms with Crippen LogP contribution in [0, 0.1) is 13.8 Å². The molecule has 2 aromatic rings. The molecule has 0 amide bonds. The van der Waals surface area contributed by atoms with Gasteiger partial charge in [-0.05, 0) is 25.5 Å². The lowest BCUT2D eigenvalue weighted by Crippen LogP contribution is -2.24. The zero-order valence-corrected chi connectivity index (χ0v) is 13.3. The molecule has 0 aliphatic rings. The lowest BCUT2D eigenvalue weighted by atomic mass is 10.1. The van der Waals surface area contributed by atoms with Crippen LogP contribution < -0.4 is 10.5 Å². The number of hydrogen-bond donors (Lipinski definition) is 3. The average molecular weight is 324 g/mol. The van der Waals surface area contributed by atoms with E-state index in [1.54, 1.807) is 38.1 Å². The molecule has 8 heteroatoms. The molecule has 4 N–H and O–H groups in total. The Kier molecular flexibility index (Phi) is 4.40. The van der Waals surface area contributed by atoms with Gasteiger partial charge in [-0.25, -0.2) is 13.1 Å². The highest BCUT2D eigenvalue weighted by molar-refractivity contribution is 7.89. The van der Waals surface area contributed by atoms with Gasteiger partial charge in [0.25, 0.3) is 0 Å². The molecule has 0 saturated carbocycles. The molecule has 0 atom stereocenters. The molecule has 1 heterocycles. The highest BCUT2D eigenvalue weighted by Gasteiger charge is 2.21. The maximum absolute atomic E-state index is 12.3. The van der Waals surface area contributed by atoms with Crippen molar-refractivity contribution in [3.05, 3.63) is 46.8 Å². The van der Waals surface area contributed by atoms with Gasteiger partial charge in [0.1, 0.15) is 9.88 Å². The minimum atomic E-state index is -3.62. The fourth-order valence-electron chi connectivity index (χ4n) is 2.02. The summed E-state index contributed by atoms with van der Waals surface area (Å²) in [5.74, 6) is 0. The van der Waals surface area contributed by atoms with Gasteiger partial charge in [0, 0.05) is 12.1 Å². The third kappa shape index (κ3) is 3.46. The van der Waals surface area contributed by atoms with Crippen molar-refractivity contribution in [2.45, 2.75) is 25.3 Å². The number of hydrogen-bond acceptors (Lipinski definition) is 4. The lowest BCUT2D eigenvalue weighted by Gasteiger charge is -2.08. The third-order valence-electron chi connectivity index (χ3n) is 3.01. The van der Waals surface area contributed by atoms with Crippen molar-refractivity contribution in [3.63, 3.8) is 0 Å². The number of nitrogens with two attached hydrogens (primary N) is 1. The minimum Gasteiger partial charge on any atom is -0.389 e. The van der Waals surface area contributed by atoms with E-state index in [2.05, 4.69) is 14.9 Å². The molecule has 0 unspecified atom stereocenters. The number of thiocarbonyl (C=S) groups is 1. The highest BCUT2D eigenvalue weighted by atomic mass is 32.2. The van der Waals surface area contributed by atoms with E-state index in [-0.39, 0.29) is 16.4 Å². The van der Waals surface area contributed by atoms with Crippen LogP contribution in [-0.4, -0.2) is 23.6 Å². The molecule has 1 aromatic heterocycles. The third-order valence-corrected chi connectivity index (χ3v) is 4.91. The van der Waals surface area contributed by atoms with Gasteiger partial charge in [0.2, 0.25) is 10.0 Å². The second-order valence-electron chi connectivity index (χ2n) is 4.65. The second-order valence-corrected chi connectivity index (χ2v) is 6.80. The Morgan fingerprint density at radius 1 is 1.43 bits per heavy atom. The highest BCUT2D eigenvalue weighted by Crippen LogP contribution is 2.16. The molecular formula is C13H16N4O2S2. The second kappa shape index (κ2) is 5.92. The van der Waals surface area contributed by atoms with Gasteiger partial charge >= 0.3 is 0 Å². The number of nitrogens with zero attached hydrogens (tertiary/aromatic N) is 1. The van der Waals surface area contributed by atoms with Crippen molar-refractivity contribution in [2.75, 3.05) is 0 Å². The fraction of sp³-hybridized carbons (Fsp3) is 0.231. The molecule has 0 bridgehead atoms. The minimum absolute atomic E-state index is 0.156. The first-order valence-corrected chi connectivity index (χ1v) is 8.10. The standard InChI is InChI=1S/C13H16N4O2S2/c1-8-12(9(2)17-16-8)21(18,19)15-7-10-4-3-5-11(6-10)13(14)20/h3-6,15H,7H2,1-2H3,(H2,14,20)(H,16,17). The molecule has 0 radical (unpaired) electrons. The van der Waals surface area contributed by atoms with Crippen molar-refractivity contribution < 1.29 is 8.42 Å². The number of benzene rings is 1. The summed E-state index contributed by atoms with van der Waals surface area (Å²) in [5, 5.41) is 6.56. The first-order valence-electron chi connectivity index (χ1n) is 6.21. The number of sulfonamides is 1. The van der Waals surface area contributed by atoms with Crippen molar-refractivity contribution in [1.29, 1.82) is 0 Å². The zero-order chi connectivity index (χ0) is 15.6. The molecule has 0 aliphatic carbocycles. The van der Waals surface area contributed by atoms with E-state index in [0.717, 1.165) is 5.56 Å². The molecule has 6 nitrogen and oxygen atoms in total. The van der Waals surface area contributed by atoms with Gasteiger partial charge in [0.05, 0.1) is 11.4 Å². The van der Waals surface area contributed by atoms with E-state index in [1.807, 2.05) is 0 Å². The predicted molar refractivity (Wildman–Crippen MR) is 84.4 cm³/mol. The van der Waals surface area contributed by atoms with Crippen LogP contribution in [0.15, 0.2) is 29.2 Å². The maximum atomic E-state index is 12.3. The van der Waals surface area contributed by atoms with E-state index >= 15 is 0 Å². The molecular weight excluding hydrogens is 308 g/mol. The molecule has 0 saturated heterocycles. The van der Waals surface area contributed by atoms with Crippen LogP contribution in [0.3, 0.4) is 0 Å². The van der Waals surface area contributed by atoms with Crippen LogP contribution in [0.25, 0.3) is 0 Å². The Bertz CT molecular complexity index is 762. The monoisotopic (exact) mass is 324 g/mol. The van der Waals surface area contributed by atoms with Crippen LogP contribution >= 0.6 is 12.2 Å². The summed E-state index contributed by atoms with van der Waals surface area (Å²) in [6, 6.07) is 7.14. The van der Waals surface area contributed by atoms with Crippen LogP contribution in [0.2, 0.25) is 0 Å². The first-order chi connectivity index (χ1) is 9.81. The van der Waals surface area contributed by atoms with Crippen LogP contribution in [0.5, 0.6) is 0 Å². The Morgan fingerprint density at radius 3 is 2.71 bits per heavy atom. The average Bonchev–Trinajstić information content (AvgIpc) is 2.77. The summed E-state index contributed by atoms with van der Waals surface area (Å²) in [7, 11) is -3.62. The fourth-order valence-corrected chi connectivity index (χ4v) is 3.53. The van der Waals surface area contributed by atoms with Gasteiger partial charge in [-0.3, -0.25) is 5.10 Å². The smallest absolute Gasteiger partial charge is 0.244 e. The van der Waals surface area contributed by atoms with E-state index in [4.69, 9.17) is 18.0 Å². The molecule has 21 heavy (non-hydrogen) atoms. The number of H-pyrrole nitrogens is 1.